The summed E-state index contributed by atoms with van der Waals surface area (Å²) in [5, 5.41) is 0. The predicted octanol–water partition coefficient (Wildman–Crippen LogP) is 3.05. The van der Waals surface area contributed by atoms with Gasteiger partial charge in [-0.3, -0.25) is 4.79 Å². The number of hydrogen-bond donors (Lipinski definition) is 1. The van der Waals surface area contributed by atoms with Crippen molar-refractivity contribution in [3.8, 4) is 5.88 Å². The summed E-state index contributed by atoms with van der Waals surface area (Å²) in [4.78, 5) is 17.0. The smallest absolute Gasteiger partial charge is 0.232 e. The van der Waals surface area contributed by atoms with E-state index in [0.717, 1.165) is 16.8 Å². The standard InChI is InChI=1S/C18H24N2O2/c1-6-14-12(3)9-11(2)10-18(14,17(19)21)15-7-8-16(22-5)20-13(15)4/h6-9,12H,10H2,1-5H3,(H2,19,21)/b14-6+/t12-,18-/m1/s1. The van der Waals surface area contributed by atoms with Gasteiger partial charge in [-0.2, -0.15) is 0 Å². The van der Waals surface area contributed by atoms with Crippen molar-refractivity contribution in [1.29, 1.82) is 0 Å². The van der Waals surface area contributed by atoms with E-state index in [1.807, 2.05) is 32.9 Å². The topological polar surface area (TPSA) is 65.2 Å². The Labute approximate surface area is 132 Å². The number of carbonyl (C=O) groups excluding carboxylic acids is 1. The number of pyridine rings is 1. The zero-order chi connectivity index (χ0) is 16.5. The van der Waals surface area contributed by atoms with Crippen molar-refractivity contribution in [2.45, 2.75) is 39.5 Å². The lowest BCUT2D eigenvalue weighted by atomic mass is 9.62. The molecule has 22 heavy (non-hydrogen) atoms. The first-order chi connectivity index (χ1) is 10.4. The lowest BCUT2D eigenvalue weighted by molar-refractivity contribution is -0.122. The molecule has 0 saturated heterocycles. The van der Waals surface area contributed by atoms with Gasteiger partial charge in [0.2, 0.25) is 11.8 Å². The molecule has 0 aromatic carbocycles. The molecule has 2 rings (SSSR count). The van der Waals surface area contributed by atoms with E-state index >= 15 is 0 Å². The zero-order valence-corrected chi connectivity index (χ0v) is 13.9. The van der Waals surface area contributed by atoms with Crippen LogP contribution in [0.3, 0.4) is 0 Å². The van der Waals surface area contributed by atoms with E-state index in [0.29, 0.717) is 12.3 Å². The fourth-order valence-corrected chi connectivity index (χ4v) is 3.71. The third-order valence-corrected chi connectivity index (χ3v) is 4.52. The Balaban J connectivity index is 2.73. The van der Waals surface area contributed by atoms with Crippen LogP contribution < -0.4 is 10.5 Å². The molecule has 118 valence electrons. The first-order valence-corrected chi connectivity index (χ1v) is 7.52. The number of rotatable bonds is 3. The van der Waals surface area contributed by atoms with Crippen molar-refractivity contribution in [2.75, 3.05) is 7.11 Å². The van der Waals surface area contributed by atoms with Crippen molar-refractivity contribution in [3.05, 3.63) is 46.7 Å². The van der Waals surface area contributed by atoms with Crippen LogP contribution in [-0.4, -0.2) is 18.0 Å². The van der Waals surface area contributed by atoms with Crippen molar-refractivity contribution in [3.63, 3.8) is 0 Å². The molecule has 0 saturated carbocycles. The number of aromatic nitrogens is 1. The highest BCUT2D eigenvalue weighted by Crippen LogP contribution is 2.46. The Morgan fingerprint density at radius 2 is 2.14 bits per heavy atom. The van der Waals surface area contributed by atoms with Crippen molar-refractivity contribution < 1.29 is 9.53 Å². The minimum absolute atomic E-state index is 0.174. The minimum Gasteiger partial charge on any atom is -0.481 e. The van der Waals surface area contributed by atoms with Crippen LogP contribution in [0.25, 0.3) is 0 Å². The molecular formula is C18H24N2O2. The largest absolute Gasteiger partial charge is 0.481 e. The summed E-state index contributed by atoms with van der Waals surface area (Å²) in [6.07, 6.45) is 4.81. The Kier molecular flexibility index (Phi) is 4.40. The highest BCUT2D eigenvalue weighted by Gasteiger charge is 2.46. The number of ether oxygens (including phenoxy) is 1. The van der Waals surface area contributed by atoms with Gasteiger partial charge in [-0.15, -0.1) is 0 Å². The SMILES string of the molecule is C/C=C1\[C@H](C)C=C(C)C[C@]1(C(N)=O)c1ccc(OC)nc1C. The van der Waals surface area contributed by atoms with Gasteiger partial charge < -0.3 is 10.5 Å². The first kappa shape index (κ1) is 16.3. The number of allylic oxidation sites excluding steroid dienone is 3. The first-order valence-electron chi connectivity index (χ1n) is 7.52. The molecule has 0 radical (unpaired) electrons. The molecule has 0 spiro atoms. The van der Waals surface area contributed by atoms with E-state index in [-0.39, 0.29) is 11.8 Å². The number of amides is 1. The van der Waals surface area contributed by atoms with Crippen LogP contribution in [0.2, 0.25) is 0 Å². The van der Waals surface area contributed by atoms with Gasteiger partial charge in [0, 0.05) is 11.8 Å². The number of nitrogens with two attached hydrogens (primary N) is 1. The maximum absolute atomic E-state index is 12.5. The molecule has 0 bridgehead atoms. The van der Waals surface area contributed by atoms with Crippen LogP contribution in [0, 0.1) is 12.8 Å². The van der Waals surface area contributed by atoms with Crippen LogP contribution in [-0.2, 0) is 10.2 Å². The normalized spacial score (nSPS) is 26.7. The van der Waals surface area contributed by atoms with Gasteiger partial charge >= 0.3 is 0 Å². The summed E-state index contributed by atoms with van der Waals surface area (Å²) in [7, 11) is 1.58. The number of aryl methyl sites for hydroxylation is 1. The molecule has 1 aliphatic carbocycles. The monoisotopic (exact) mass is 300 g/mol. The number of methoxy groups -OCH3 is 1. The summed E-state index contributed by atoms with van der Waals surface area (Å²) in [6, 6.07) is 3.71. The van der Waals surface area contributed by atoms with Gasteiger partial charge in [-0.1, -0.05) is 30.7 Å². The van der Waals surface area contributed by atoms with E-state index in [4.69, 9.17) is 10.5 Å². The third-order valence-electron chi connectivity index (χ3n) is 4.52. The van der Waals surface area contributed by atoms with Crippen LogP contribution in [0.1, 0.15) is 38.4 Å². The Bertz CT molecular complexity index is 661. The van der Waals surface area contributed by atoms with Gasteiger partial charge in [0.1, 0.15) is 5.41 Å². The van der Waals surface area contributed by atoms with Gasteiger partial charge in [0.25, 0.3) is 0 Å². The molecular weight excluding hydrogens is 276 g/mol. The van der Waals surface area contributed by atoms with E-state index in [1.165, 1.54) is 5.57 Å². The molecule has 2 atom stereocenters. The number of nitrogens with zero attached hydrogens (tertiary/aromatic N) is 1. The van der Waals surface area contributed by atoms with E-state index in [2.05, 4.69) is 18.0 Å². The molecule has 0 fully saturated rings. The van der Waals surface area contributed by atoms with Gasteiger partial charge in [0.05, 0.1) is 7.11 Å². The van der Waals surface area contributed by atoms with Crippen LogP contribution in [0.5, 0.6) is 5.88 Å². The third kappa shape index (κ3) is 2.43. The Hall–Kier alpha value is -2.10. The summed E-state index contributed by atoms with van der Waals surface area (Å²) in [5.41, 5.74) is 8.94. The quantitative estimate of drug-likeness (QED) is 0.873. The van der Waals surface area contributed by atoms with Gasteiger partial charge in [-0.05, 0) is 44.2 Å². The Morgan fingerprint density at radius 1 is 1.45 bits per heavy atom. The number of primary amides is 1. The maximum atomic E-state index is 12.5. The zero-order valence-electron chi connectivity index (χ0n) is 13.9. The average molecular weight is 300 g/mol. The van der Waals surface area contributed by atoms with Crippen molar-refractivity contribution in [1.82, 2.24) is 4.98 Å². The summed E-state index contributed by atoms with van der Waals surface area (Å²) in [5.74, 6) is 0.390. The fourth-order valence-electron chi connectivity index (χ4n) is 3.71. The molecule has 4 nitrogen and oxygen atoms in total. The average Bonchev–Trinajstić information content (AvgIpc) is 2.45. The maximum Gasteiger partial charge on any atom is 0.232 e. The molecule has 0 unspecified atom stereocenters. The number of carbonyl (C=O) groups is 1. The lowest BCUT2D eigenvalue weighted by Gasteiger charge is -2.40. The summed E-state index contributed by atoms with van der Waals surface area (Å²) < 4.78 is 5.17. The molecule has 1 aromatic rings. The molecule has 1 aromatic heterocycles. The molecule has 2 N–H and O–H groups in total. The molecule has 0 aliphatic heterocycles. The lowest BCUT2D eigenvalue weighted by Crippen LogP contribution is -2.46. The fraction of sp³-hybridized carbons (Fsp3) is 0.444. The van der Waals surface area contributed by atoms with Gasteiger partial charge in [-0.25, -0.2) is 4.98 Å². The van der Waals surface area contributed by atoms with E-state index in [1.54, 1.807) is 13.2 Å². The minimum atomic E-state index is -0.823. The van der Waals surface area contributed by atoms with Crippen molar-refractivity contribution >= 4 is 5.91 Å². The van der Waals surface area contributed by atoms with Crippen LogP contribution >= 0.6 is 0 Å². The second kappa shape index (κ2) is 5.95. The summed E-state index contributed by atoms with van der Waals surface area (Å²) >= 11 is 0. The second-order valence-electron chi connectivity index (χ2n) is 5.98. The highest BCUT2D eigenvalue weighted by molar-refractivity contribution is 5.92. The van der Waals surface area contributed by atoms with Gasteiger partial charge in [0.15, 0.2) is 0 Å². The highest BCUT2D eigenvalue weighted by atomic mass is 16.5. The molecule has 4 heteroatoms. The molecule has 1 aliphatic rings. The second-order valence-corrected chi connectivity index (χ2v) is 5.98. The van der Waals surface area contributed by atoms with Crippen LogP contribution in [0.4, 0.5) is 0 Å². The van der Waals surface area contributed by atoms with E-state index < -0.39 is 5.41 Å². The predicted molar refractivity (Wildman–Crippen MR) is 87.7 cm³/mol. The summed E-state index contributed by atoms with van der Waals surface area (Å²) in [6.45, 7) is 8.01. The number of hydrogen-bond acceptors (Lipinski definition) is 3. The molecule has 1 heterocycles. The molecule has 1 amide bonds. The van der Waals surface area contributed by atoms with Crippen molar-refractivity contribution in [2.24, 2.45) is 11.7 Å². The Morgan fingerprint density at radius 3 is 2.64 bits per heavy atom. The van der Waals surface area contributed by atoms with E-state index in [9.17, 15) is 4.79 Å². The van der Waals surface area contributed by atoms with Crippen LogP contribution in [0.15, 0.2) is 35.4 Å².